The van der Waals surface area contributed by atoms with Gasteiger partial charge < -0.3 is 10.6 Å². The van der Waals surface area contributed by atoms with Crippen LogP contribution in [0.3, 0.4) is 0 Å². The number of anilines is 2. The van der Waals surface area contributed by atoms with E-state index in [-0.39, 0.29) is 5.02 Å². The molecule has 0 atom stereocenters. The van der Waals surface area contributed by atoms with Crippen LogP contribution >= 0.6 is 11.6 Å². The van der Waals surface area contributed by atoms with Gasteiger partial charge in [-0.1, -0.05) is 17.7 Å². The largest absolute Gasteiger partial charge is 0.417 e. The number of hydrogen-bond donors (Lipinski definition) is 1. The van der Waals surface area contributed by atoms with Crippen molar-refractivity contribution in [3.63, 3.8) is 0 Å². The molecule has 0 spiro atoms. The van der Waals surface area contributed by atoms with Crippen LogP contribution in [0, 0.1) is 0 Å². The van der Waals surface area contributed by atoms with Gasteiger partial charge in [0.05, 0.1) is 10.6 Å². The van der Waals surface area contributed by atoms with Gasteiger partial charge in [-0.3, -0.25) is 0 Å². The SMILES string of the molecule is Nc1ccc2c(c1)CN(c1ccc(Cl)c(C(F)(F)F)c1)C2. The first-order valence-electron chi connectivity index (χ1n) is 6.33. The minimum Gasteiger partial charge on any atom is -0.399 e. The predicted octanol–water partition coefficient (Wildman–Crippen LogP) is 4.46. The molecule has 2 N–H and O–H groups in total. The van der Waals surface area contributed by atoms with Gasteiger partial charge in [0.15, 0.2) is 0 Å². The number of nitrogens with two attached hydrogens (primary N) is 1. The lowest BCUT2D eigenvalue weighted by molar-refractivity contribution is -0.137. The monoisotopic (exact) mass is 312 g/mol. The van der Waals surface area contributed by atoms with E-state index in [4.69, 9.17) is 17.3 Å². The van der Waals surface area contributed by atoms with E-state index >= 15 is 0 Å². The van der Waals surface area contributed by atoms with Gasteiger partial charge in [0, 0.05) is 24.5 Å². The van der Waals surface area contributed by atoms with E-state index in [1.54, 1.807) is 12.1 Å². The van der Waals surface area contributed by atoms with E-state index in [1.807, 2.05) is 17.0 Å². The highest BCUT2D eigenvalue weighted by molar-refractivity contribution is 6.31. The van der Waals surface area contributed by atoms with Crippen LogP contribution in [0.4, 0.5) is 24.5 Å². The molecule has 3 rings (SSSR count). The first-order valence-corrected chi connectivity index (χ1v) is 6.71. The van der Waals surface area contributed by atoms with Crippen molar-refractivity contribution >= 4 is 23.0 Å². The summed E-state index contributed by atoms with van der Waals surface area (Å²) < 4.78 is 38.7. The van der Waals surface area contributed by atoms with Crippen LogP contribution in [-0.4, -0.2) is 0 Å². The van der Waals surface area contributed by atoms with Crippen LogP contribution in [0.15, 0.2) is 36.4 Å². The summed E-state index contributed by atoms with van der Waals surface area (Å²) in [6.45, 7) is 1.11. The zero-order valence-electron chi connectivity index (χ0n) is 10.9. The second kappa shape index (κ2) is 4.84. The number of fused-ring (bicyclic) bond motifs is 1. The third-order valence-electron chi connectivity index (χ3n) is 3.57. The average Bonchev–Trinajstić information content (AvgIpc) is 2.80. The minimum atomic E-state index is -4.45. The number of hydrogen-bond acceptors (Lipinski definition) is 2. The van der Waals surface area contributed by atoms with Gasteiger partial charge in [0.25, 0.3) is 0 Å². The summed E-state index contributed by atoms with van der Waals surface area (Å²) in [6, 6.07) is 9.55. The molecular weight excluding hydrogens is 301 g/mol. The Morgan fingerprint density at radius 1 is 1.00 bits per heavy atom. The first-order chi connectivity index (χ1) is 9.84. The van der Waals surface area contributed by atoms with Crippen LogP contribution in [0.5, 0.6) is 0 Å². The third kappa shape index (κ3) is 2.65. The van der Waals surface area contributed by atoms with Crippen molar-refractivity contribution in [1.29, 1.82) is 0 Å². The lowest BCUT2D eigenvalue weighted by Crippen LogP contribution is -2.16. The molecule has 2 aromatic carbocycles. The number of halogens is 4. The maximum absolute atomic E-state index is 12.9. The Labute approximate surface area is 124 Å². The molecule has 1 aliphatic rings. The molecule has 0 amide bonds. The summed E-state index contributed by atoms with van der Waals surface area (Å²) in [5.74, 6) is 0. The van der Waals surface area contributed by atoms with Gasteiger partial charge in [0.1, 0.15) is 0 Å². The van der Waals surface area contributed by atoms with Crippen molar-refractivity contribution in [2.24, 2.45) is 0 Å². The van der Waals surface area contributed by atoms with Crippen LogP contribution in [0.25, 0.3) is 0 Å². The fraction of sp³-hybridized carbons (Fsp3) is 0.200. The molecule has 0 aliphatic carbocycles. The lowest BCUT2D eigenvalue weighted by Gasteiger charge is -2.20. The molecule has 21 heavy (non-hydrogen) atoms. The maximum atomic E-state index is 12.9. The van der Waals surface area contributed by atoms with Crippen molar-refractivity contribution in [2.45, 2.75) is 19.3 Å². The standard InChI is InChI=1S/C15H12ClF3N2/c16-14-4-3-12(6-13(14)15(17,18)19)21-7-9-1-2-11(20)5-10(9)8-21/h1-6H,7-8,20H2. The molecule has 0 saturated carbocycles. The smallest absolute Gasteiger partial charge is 0.399 e. The van der Waals surface area contributed by atoms with Gasteiger partial charge in [0.2, 0.25) is 0 Å². The molecule has 6 heteroatoms. The van der Waals surface area contributed by atoms with Gasteiger partial charge in [-0.05, 0) is 41.5 Å². The van der Waals surface area contributed by atoms with Crippen LogP contribution in [0.1, 0.15) is 16.7 Å². The molecule has 110 valence electrons. The van der Waals surface area contributed by atoms with Crippen molar-refractivity contribution in [3.8, 4) is 0 Å². The van der Waals surface area contributed by atoms with Crippen molar-refractivity contribution in [2.75, 3.05) is 10.6 Å². The maximum Gasteiger partial charge on any atom is 0.417 e. The van der Waals surface area contributed by atoms with Crippen LogP contribution in [-0.2, 0) is 19.3 Å². The van der Waals surface area contributed by atoms with Crippen LogP contribution in [0.2, 0.25) is 5.02 Å². The van der Waals surface area contributed by atoms with Gasteiger partial charge in [-0.15, -0.1) is 0 Å². The zero-order valence-corrected chi connectivity index (χ0v) is 11.7. The Morgan fingerprint density at radius 3 is 2.43 bits per heavy atom. The number of rotatable bonds is 1. The molecule has 0 saturated heterocycles. The number of nitrogen functional groups attached to an aromatic ring is 1. The van der Waals surface area contributed by atoms with Crippen molar-refractivity contribution < 1.29 is 13.2 Å². The lowest BCUT2D eigenvalue weighted by atomic mass is 10.1. The summed E-state index contributed by atoms with van der Waals surface area (Å²) >= 11 is 5.64. The summed E-state index contributed by atoms with van der Waals surface area (Å²) in [5.41, 5.74) is 8.20. The molecule has 2 aromatic rings. The first kappa shape index (κ1) is 14.1. The van der Waals surface area contributed by atoms with Gasteiger partial charge >= 0.3 is 6.18 Å². The molecule has 2 nitrogen and oxygen atoms in total. The molecule has 0 unspecified atom stereocenters. The summed E-state index contributed by atoms with van der Waals surface area (Å²) in [4.78, 5) is 1.87. The van der Waals surface area contributed by atoms with E-state index in [0.29, 0.717) is 24.5 Å². The molecule has 0 fully saturated rings. The van der Waals surface area contributed by atoms with E-state index in [0.717, 1.165) is 17.2 Å². The number of nitrogens with zero attached hydrogens (tertiary/aromatic N) is 1. The molecule has 0 bridgehead atoms. The summed E-state index contributed by atoms with van der Waals surface area (Å²) in [7, 11) is 0. The number of benzene rings is 2. The molecule has 0 aromatic heterocycles. The van der Waals surface area contributed by atoms with Crippen LogP contribution < -0.4 is 10.6 Å². The van der Waals surface area contributed by atoms with E-state index < -0.39 is 11.7 Å². The second-order valence-electron chi connectivity index (χ2n) is 5.05. The Morgan fingerprint density at radius 2 is 1.71 bits per heavy atom. The Hall–Kier alpha value is -1.88. The minimum absolute atomic E-state index is 0.285. The van der Waals surface area contributed by atoms with Gasteiger partial charge in [-0.25, -0.2) is 0 Å². The van der Waals surface area contributed by atoms with E-state index in [2.05, 4.69) is 0 Å². The summed E-state index contributed by atoms with van der Waals surface area (Å²) in [6.07, 6.45) is -4.45. The van der Waals surface area contributed by atoms with E-state index in [1.165, 1.54) is 6.07 Å². The molecule has 1 heterocycles. The Kier molecular flexibility index (Phi) is 3.24. The Balaban J connectivity index is 1.93. The molecular formula is C15H12ClF3N2. The third-order valence-corrected chi connectivity index (χ3v) is 3.90. The Bertz CT molecular complexity index is 698. The zero-order chi connectivity index (χ0) is 15.2. The van der Waals surface area contributed by atoms with Gasteiger partial charge in [-0.2, -0.15) is 13.2 Å². The predicted molar refractivity (Wildman–Crippen MR) is 77.2 cm³/mol. The quantitative estimate of drug-likeness (QED) is 0.788. The topological polar surface area (TPSA) is 29.3 Å². The fourth-order valence-corrected chi connectivity index (χ4v) is 2.75. The average molecular weight is 313 g/mol. The molecule has 1 aliphatic heterocycles. The summed E-state index contributed by atoms with van der Waals surface area (Å²) in [5, 5.41) is -0.285. The highest BCUT2D eigenvalue weighted by atomic mass is 35.5. The highest BCUT2D eigenvalue weighted by Gasteiger charge is 2.34. The van der Waals surface area contributed by atoms with Crippen molar-refractivity contribution in [3.05, 3.63) is 58.1 Å². The normalized spacial score (nSPS) is 14.4. The highest BCUT2D eigenvalue weighted by Crippen LogP contribution is 2.38. The fourth-order valence-electron chi connectivity index (χ4n) is 2.52. The second-order valence-corrected chi connectivity index (χ2v) is 5.45. The van der Waals surface area contributed by atoms with Crippen molar-refractivity contribution in [1.82, 2.24) is 0 Å². The molecule has 0 radical (unpaired) electrons. The van der Waals surface area contributed by atoms with E-state index in [9.17, 15) is 13.2 Å². The number of alkyl halides is 3.